The highest BCUT2D eigenvalue weighted by Crippen LogP contribution is 2.18. The maximum Gasteiger partial charge on any atom is 0.253 e. The van der Waals surface area contributed by atoms with Gasteiger partial charge in [0.1, 0.15) is 0 Å². The predicted molar refractivity (Wildman–Crippen MR) is 86.3 cm³/mol. The zero-order valence-electron chi connectivity index (χ0n) is 13.7. The minimum Gasteiger partial charge on any atom is -0.388 e. The fourth-order valence-corrected chi connectivity index (χ4v) is 2.38. The third-order valence-electron chi connectivity index (χ3n) is 3.20. The Bertz CT molecular complexity index is 442. The van der Waals surface area contributed by atoms with Gasteiger partial charge in [0.15, 0.2) is 0 Å². The molecule has 3 heteroatoms. The third-order valence-corrected chi connectivity index (χ3v) is 3.20. The molecular weight excluding hydrogens is 248 g/mol. The van der Waals surface area contributed by atoms with Gasteiger partial charge in [-0.05, 0) is 42.5 Å². The van der Waals surface area contributed by atoms with Gasteiger partial charge in [-0.15, -0.1) is 0 Å². The van der Waals surface area contributed by atoms with E-state index in [4.69, 9.17) is 0 Å². The van der Waals surface area contributed by atoms with Gasteiger partial charge in [0, 0.05) is 31.4 Å². The van der Waals surface area contributed by atoms with Gasteiger partial charge in [0.25, 0.3) is 5.91 Å². The summed E-state index contributed by atoms with van der Waals surface area (Å²) in [4.78, 5) is 14.6. The van der Waals surface area contributed by atoms with Gasteiger partial charge in [-0.1, -0.05) is 27.7 Å². The first-order valence-electron chi connectivity index (χ1n) is 7.42. The Balaban J connectivity index is 2.96. The summed E-state index contributed by atoms with van der Waals surface area (Å²) >= 11 is 0. The minimum atomic E-state index is 0.137. The van der Waals surface area contributed by atoms with Crippen molar-refractivity contribution in [1.82, 2.24) is 4.90 Å². The number of anilines is 1. The number of aryl methyl sites for hydroxylation is 1. The van der Waals surface area contributed by atoms with Crippen LogP contribution in [0.1, 0.15) is 43.6 Å². The Hall–Kier alpha value is -1.51. The van der Waals surface area contributed by atoms with Gasteiger partial charge in [0.2, 0.25) is 0 Å². The predicted octanol–water partition coefficient (Wildman–Crippen LogP) is 3.79. The molecule has 0 saturated carbocycles. The molecule has 0 atom stereocenters. The lowest BCUT2D eigenvalue weighted by molar-refractivity contribution is 0.0715. The van der Waals surface area contributed by atoms with E-state index in [9.17, 15) is 4.79 Å². The fraction of sp³-hybridized carbons (Fsp3) is 0.588. The first-order chi connectivity index (χ1) is 9.35. The molecule has 1 aromatic rings. The van der Waals surface area contributed by atoms with E-state index in [-0.39, 0.29) is 5.91 Å². The maximum atomic E-state index is 12.7. The topological polar surface area (TPSA) is 32.3 Å². The van der Waals surface area contributed by atoms with E-state index in [1.54, 1.807) is 0 Å². The third kappa shape index (κ3) is 4.55. The zero-order chi connectivity index (χ0) is 15.3. The number of amides is 1. The number of rotatable bonds is 6. The molecule has 1 N–H and O–H groups in total. The zero-order valence-corrected chi connectivity index (χ0v) is 13.7. The summed E-state index contributed by atoms with van der Waals surface area (Å²) in [5, 5.41) is 3.13. The van der Waals surface area contributed by atoms with E-state index in [1.807, 2.05) is 37.1 Å². The monoisotopic (exact) mass is 276 g/mol. The second-order valence-corrected chi connectivity index (χ2v) is 6.28. The Morgan fingerprint density at radius 2 is 1.70 bits per heavy atom. The molecule has 1 amide bonds. The number of nitrogens with one attached hydrogen (secondary N) is 1. The average molecular weight is 276 g/mol. The number of hydrogen-bond acceptors (Lipinski definition) is 2. The van der Waals surface area contributed by atoms with E-state index in [2.05, 4.69) is 33.0 Å². The van der Waals surface area contributed by atoms with Crippen LogP contribution in [0.2, 0.25) is 0 Å². The van der Waals surface area contributed by atoms with Crippen LogP contribution in [0.15, 0.2) is 18.2 Å². The molecule has 0 saturated heterocycles. The average Bonchev–Trinajstić information content (AvgIpc) is 2.35. The van der Waals surface area contributed by atoms with Crippen molar-refractivity contribution in [2.45, 2.75) is 34.6 Å². The lowest BCUT2D eigenvalue weighted by Gasteiger charge is -2.26. The highest BCUT2D eigenvalue weighted by Gasteiger charge is 2.18. The number of carbonyl (C=O) groups is 1. The first kappa shape index (κ1) is 16.5. The van der Waals surface area contributed by atoms with Crippen molar-refractivity contribution >= 4 is 11.6 Å². The van der Waals surface area contributed by atoms with E-state index in [1.165, 1.54) is 0 Å². The van der Waals surface area contributed by atoms with Crippen LogP contribution in [0.4, 0.5) is 5.69 Å². The molecule has 0 unspecified atom stereocenters. The van der Waals surface area contributed by atoms with Crippen LogP contribution in [0, 0.1) is 18.8 Å². The molecule has 1 rings (SSSR count). The highest BCUT2D eigenvalue weighted by atomic mass is 16.2. The summed E-state index contributed by atoms with van der Waals surface area (Å²) in [5.41, 5.74) is 2.95. The molecule has 0 heterocycles. The summed E-state index contributed by atoms with van der Waals surface area (Å²) in [6.07, 6.45) is 0. The van der Waals surface area contributed by atoms with E-state index in [0.29, 0.717) is 11.8 Å². The number of nitrogens with zero attached hydrogens (tertiary/aromatic N) is 1. The second-order valence-electron chi connectivity index (χ2n) is 6.28. The molecule has 0 aliphatic rings. The van der Waals surface area contributed by atoms with Crippen molar-refractivity contribution in [1.29, 1.82) is 0 Å². The molecule has 0 aromatic heterocycles. The lowest BCUT2D eigenvalue weighted by Crippen LogP contribution is -2.37. The Kier molecular flexibility index (Phi) is 6.05. The van der Waals surface area contributed by atoms with E-state index >= 15 is 0 Å². The fourth-order valence-electron chi connectivity index (χ4n) is 2.38. The minimum absolute atomic E-state index is 0.137. The molecular formula is C17H28N2O. The number of hydrogen-bond donors (Lipinski definition) is 1. The van der Waals surface area contributed by atoms with Crippen molar-refractivity contribution in [2.24, 2.45) is 11.8 Å². The lowest BCUT2D eigenvalue weighted by atomic mass is 10.1. The molecule has 0 aliphatic carbocycles. The largest absolute Gasteiger partial charge is 0.388 e. The quantitative estimate of drug-likeness (QED) is 0.857. The SMILES string of the molecule is CNc1ccc(C(=O)N(CC(C)C)CC(C)C)cc1C. The summed E-state index contributed by atoms with van der Waals surface area (Å²) in [7, 11) is 1.90. The second kappa shape index (κ2) is 7.32. The molecule has 3 nitrogen and oxygen atoms in total. The Morgan fingerprint density at radius 1 is 1.15 bits per heavy atom. The summed E-state index contributed by atoms with van der Waals surface area (Å²) in [6.45, 7) is 12.2. The summed E-state index contributed by atoms with van der Waals surface area (Å²) in [5.74, 6) is 1.10. The van der Waals surface area contributed by atoms with Crippen molar-refractivity contribution in [3.8, 4) is 0 Å². The molecule has 0 fully saturated rings. The van der Waals surface area contributed by atoms with Crippen LogP contribution in [0.25, 0.3) is 0 Å². The summed E-state index contributed by atoms with van der Waals surface area (Å²) < 4.78 is 0. The van der Waals surface area contributed by atoms with Gasteiger partial charge in [-0.3, -0.25) is 4.79 Å². The standard InChI is InChI=1S/C17H28N2O/c1-12(2)10-19(11-13(3)4)17(20)15-7-8-16(18-6)14(5)9-15/h7-9,12-13,18H,10-11H2,1-6H3. The van der Waals surface area contributed by atoms with Crippen LogP contribution in [-0.4, -0.2) is 30.9 Å². The molecule has 20 heavy (non-hydrogen) atoms. The van der Waals surface area contributed by atoms with Crippen molar-refractivity contribution in [2.75, 3.05) is 25.5 Å². The molecule has 0 radical (unpaired) electrons. The first-order valence-corrected chi connectivity index (χ1v) is 7.42. The molecule has 0 aliphatic heterocycles. The van der Waals surface area contributed by atoms with Crippen LogP contribution in [0.3, 0.4) is 0 Å². The molecule has 0 spiro atoms. The normalized spacial score (nSPS) is 11.0. The number of benzene rings is 1. The molecule has 112 valence electrons. The smallest absolute Gasteiger partial charge is 0.253 e. The van der Waals surface area contributed by atoms with Crippen LogP contribution in [0.5, 0.6) is 0 Å². The number of carbonyl (C=O) groups excluding carboxylic acids is 1. The van der Waals surface area contributed by atoms with Crippen LogP contribution < -0.4 is 5.32 Å². The van der Waals surface area contributed by atoms with Gasteiger partial charge in [-0.2, -0.15) is 0 Å². The maximum absolute atomic E-state index is 12.7. The summed E-state index contributed by atoms with van der Waals surface area (Å²) in [6, 6.07) is 5.86. The Labute approximate surface area is 123 Å². The van der Waals surface area contributed by atoms with E-state index in [0.717, 1.165) is 29.9 Å². The molecule has 0 bridgehead atoms. The molecule has 1 aromatic carbocycles. The van der Waals surface area contributed by atoms with Crippen molar-refractivity contribution < 1.29 is 4.79 Å². The van der Waals surface area contributed by atoms with E-state index < -0.39 is 0 Å². The van der Waals surface area contributed by atoms with Crippen molar-refractivity contribution in [3.05, 3.63) is 29.3 Å². The van der Waals surface area contributed by atoms with Gasteiger partial charge in [-0.25, -0.2) is 0 Å². The van der Waals surface area contributed by atoms with Crippen molar-refractivity contribution in [3.63, 3.8) is 0 Å². The van der Waals surface area contributed by atoms with Crippen LogP contribution >= 0.6 is 0 Å². The van der Waals surface area contributed by atoms with Gasteiger partial charge < -0.3 is 10.2 Å². The van der Waals surface area contributed by atoms with Gasteiger partial charge in [0.05, 0.1) is 0 Å². The Morgan fingerprint density at radius 3 is 2.10 bits per heavy atom. The highest BCUT2D eigenvalue weighted by molar-refractivity contribution is 5.95. The van der Waals surface area contributed by atoms with Gasteiger partial charge >= 0.3 is 0 Å². The van der Waals surface area contributed by atoms with Crippen LogP contribution in [-0.2, 0) is 0 Å².